The maximum absolute atomic E-state index is 12.0. The third-order valence-electron chi connectivity index (χ3n) is 2.78. The molecule has 2 aromatic rings. The molecule has 1 aromatic heterocycles. The van der Waals surface area contributed by atoms with Crippen LogP contribution in [0.25, 0.3) is 0 Å². The Bertz CT molecular complexity index is 683. The number of benzene rings is 1. The molecule has 22 heavy (non-hydrogen) atoms. The van der Waals surface area contributed by atoms with Gasteiger partial charge in [0, 0.05) is 10.7 Å². The van der Waals surface area contributed by atoms with Gasteiger partial charge in [-0.1, -0.05) is 11.6 Å². The van der Waals surface area contributed by atoms with E-state index in [-0.39, 0.29) is 6.61 Å². The van der Waals surface area contributed by atoms with Gasteiger partial charge in [-0.05, 0) is 49.1 Å². The minimum Gasteiger partial charge on any atom is -0.462 e. The quantitative estimate of drug-likeness (QED) is 0.805. The van der Waals surface area contributed by atoms with Crippen molar-refractivity contribution < 1.29 is 14.3 Å². The summed E-state index contributed by atoms with van der Waals surface area (Å²) in [7, 11) is 0. The molecular formula is C15H15ClN2O3S. The number of rotatable bonds is 4. The van der Waals surface area contributed by atoms with Crippen LogP contribution in [0.3, 0.4) is 0 Å². The van der Waals surface area contributed by atoms with E-state index < -0.39 is 12.0 Å². The molecule has 0 spiro atoms. The van der Waals surface area contributed by atoms with Crippen LogP contribution in [0, 0.1) is 6.92 Å². The lowest BCUT2D eigenvalue weighted by Crippen LogP contribution is -2.20. The summed E-state index contributed by atoms with van der Waals surface area (Å²) in [6.07, 6.45) is 0. The van der Waals surface area contributed by atoms with Gasteiger partial charge in [0.15, 0.2) is 0 Å². The monoisotopic (exact) mass is 338 g/mol. The molecule has 2 rings (SSSR count). The molecule has 116 valence electrons. The van der Waals surface area contributed by atoms with Gasteiger partial charge in [0.05, 0.1) is 12.2 Å². The number of esters is 1. The summed E-state index contributed by atoms with van der Waals surface area (Å²) < 4.78 is 5.00. The SMILES string of the molecule is CCOC(=O)c1c(C)csc1NC(=O)Nc1ccc(Cl)cc1. The average Bonchev–Trinajstić information content (AvgIpc) is 2.82. The fourth-order valence-corrected chi connectivity index (χ4v) is 2.84. The smallest absolute Gasteiger partial charge is 0.341 e. The molecule has 0 aliphatic carbocycles. The minimum absolute atomic E-state index is 0.282. The van der Waals surface area contributed by atoms with Gasteiger partial charge in [-0.25, -0.2) is 9.59 Å². The molecule has 2 N–H and O–H groups in total. The van der Waals surface area contributed by atoms with Crippen molar-refractivity contribution in [3.63, 3.8) is 0 Å². The molecule has 0 unspecified atom stereocenters. The Labute approximate surface area is 137 Å². The van der Waals surface area contributed by atoms with Gasteiger partial charge in [0.2, 0.25) is 0 Å². The van der Waals surface area contributed by atoms with Crippen LogP contribution in [0.1, 0.15) is 22.8 Å². The topological polar surface area (TPSA) is 67.4 Å². The molecule has 0 aliphatic rings. The van der Waals surface area contributed by atoms with E-state index in [2.05, 4.69) is 10.6 Å². The van der Waals surface area contributed by atoms with Crippen molar-refractivity contribution in [2.75, 3.05) is 17.2 Å². The maximum atomic E-state index is 12.0. The van der Waals surface area contributed by atoms with Crippen molar-refractivity contribution in [2.24, 2.45) is 0 Å². The van der Waals surface area contributed by atoms with E-state index in [1.165, 1.54) is 11.3 Å². The van der Waals surface area contributed by atoms with E-state index in [0.29, 0.717) is 21.3 Å². The number of halogens is 1. The first-order valence-electron chi connectivity index (χ1n) is 6.60. The van der Waals surface area contributed by atoms with Gasteiger partial charge < -0.3 is 10.1 Å². The molecule has 2 amide bonds. The lowest BCUT2D eigenvalue weighted by Gasteiger charge is -2.08. The van der Waals surface area contributed by atoms with E-state index in [0.717, 1.165) is 5.56 Å². The highest BCUT2D eigenvalue weighted by molar-refractivity contribution is 7.15. The van der Waals surface area contributed by atoms with Crippen LogP contribution in [-0.2, 0) is 4.74 Å². The molecule has 1 aromatic carbocycles. The van der Waals surface area contributed by atoms with Crippen LogP contribution >= 0.6 is 22.9 Å². The molecule has 0 radical (unpaired) electrons. The van der Waals surface area contributed by atoms with E-state index in [1.807, 2.05) is 0 Å². The van der Waals surface area contributed by atoms with Crippen LogP contribution in [0.5, 0.6) is 0 Å². The summed E-state index contributed by atoms with van der Waals surface area (Å²) >= 11 is 7.07. The van der Waals surface area contributed by atoms with Gasteiger partial charge in [-0.15, -0.1) is 11.3 Å². The number of aryl methyl sites for hydroxylation is 1. The Balaban J connectivity index is 2.08. The van der Waals surface area contributed by atoms with Gasteiger partial charge >= 0.3 is 12.0 Å². The zero-order chi connectivity index (χ0) is 16.1. The highest BCUT2D eigenvalue weighted by Crippen LogP contribution is 2.28. The fraction of sp³-hybridized carbons (Fsp3) is 0.200. The molecule has 0 bridgehead atoms. The lowest BCUT2D eigenvalue weighted by atomic mass is 10.2. The third-order valence-corrected chi connectivity index (χ3v) is 4.05. The lowest BCUT2D eigenvalue weighted by molar-refractivity contribution is 0.0527. The van der Waals surface area contributed by atoms with Crippen molar-refractivity contribution in [3.05, 3.63) is 45.8 Å². The Hall–Kier alpha value is -2.05. The Morgan fingerprint density at radius 3 is 2.55 bits per heavy atom. The Kier molecular flexibility index (Phi) is 5.41. The van der Waals surface area contributed by atoms with Crippen LogP contribution in [0.15, 0.2) is 29.6 Å². The van der Waals surface area contributed by atoms with E-state index in [4.69, 9.17) is 16.3 Å². The molecular weight excluding hydrogens is 324 g/mol. The van der Waals surface area contributed by atoms with Crippen molar-refractivity contribution in [1.29, 1.82) is 0 Å². The van der Waals surface area contributed by atoms with E-state index in [9.17, 15) is 9.59 Å². The number of urea groups is 1. The van der Waals surface area contributed by atoms with Crippen LogP contribution in [0.2, 0.25) is 5.02 Å². The highest BCUT2D eigenvalue weighted by atomic mass is 35.5. The molecule has 5 nitrogen and oxygen atoms in total. The van der Waals surface area contributed by atoms with Gasteiger partial charge in [0.1, 0.15) is 5.00 Å². The average molecular weight is 339 g/mol. The number of thiophene rings is 1. The van der Waals surface area contributed by atoms with E-state index >= 15 is 0 Å². The number of hydrogen-bond donors (Lipinski definition) is 2. The number of carbonyl (C=O) groups excluding carboxylic acids is 2. The molecule has 0 saturated heterocycles. The number of amides is 2. The number of anilines is 2. The summed E-state index contributed by atoms with van der Waals surface area (Å²) in [4.78, 5) is 23.9. The second-order valence-electron chi connectivity index (χ2n) is 4.43. The summed E-state index contributed by atoms with van der Waals surface area (Å²) in [6, 6.07) is 6.30. The van der Waals surface area contributed by atoms with Crippen LogP contribution in [0.4, 0.5) is 15.5 Å². The number of nitrogens with one attached hydrogen (secondary N) is 2. The van der Waals surface area contributed by atoms with Gasteiger partial charge in [-0.3, -0.25) is 5.32 Å². The van der Waals surface area contributed by atoms with Crippen molar-refractivity contribution in [3.8, 4) is 0 Å². The predicted molar refractivity (Wildman–Crippen MR) is 89.1 cm³/mol. The minimum atomic E-state index is -0.442. The second kappa shape index (κ2) is 7.29. The third kappa shape index (κ3) is 3.99. The van der Waals surface area contributed by atoms with Crippen LogP contribution in [-0.4, -0.2) is 18.6 Å². The summed E-state index contributed by atoms with van der Waals surface area (Å²) in [5, 5.41) is 8.18. The van der Waals surface area contributed by atoms with Gasteiger partial charge in [0.25, 0.3) is 0 Å². The van der Waals surface area contributed by atoms with E-state index in [1.54, 1.807) is 43.5 Å². The van der Waals surface area contributed by atoms with Crippen molar-refractivity contribution in [1.82, 2.24) is 0 Å². The largest absolute Gasteiger partial charge is 0.462 e. The first kappa shape index (κ1) is 16.3. The molecule has 0 saturated carbocycles. The fourth-order valence-electron chi connectivity index (χ4n) is 1.79. The number of ether oxygens (including phenoxy) is 1. The van der Waals surface area contributed by atoms with Crippen LogP contribution < -0.4 is 10.6 Å². The molecule has 0 aliphatic heterocycles. The molecule has 7 heteroatoms. The standard InChI is InChI=1S/C15H15ClN2O3S/c1-3-21-14(19)12-9(2)8-22-13(12)18-15(20)17-11-6-4-10(16)5-7-11/h4-8H,3H2,1-2H3,(H2,17,18,20). The summed E-state index contributed by atoms with van der Waals surface area (Å²) in [5.74, 6) is -0.442. The summed E-state index contributed by atoms with van der Waals surface area (Å²) in [5.41, 5.74) is 1.76. The Morgan fingerprint density at radius 2 is 1.91 bits per heavy atom. The highest BCUT2D eigenvalue weighted by Gasteiger charge is 2.19. The zero-order valence-electron chi connectivity index (χ0n) is 12.1. The molecule has 0 fully saturated rings. The first-order valence-corrected chi connectivity index (χ1v) is 7.85. The van der Waals surface area contributed by atoms with Crippen molar-refractivity contribution in [2.45, 2.75) is 13.8 Å². The zero-order valence-corrected chi connectivity index (χ0v) is 13.7. The van der Waals surface area contributed by atoms with Gasteiger partial charge in [-0.2, -0.15) is 0 Å². The van der Waals surface area contributed by atoms with Crippen molar-refractivity contribution >= 4 is 45.6 Å². The summed E-state index contributed by atoms with van der Waals surface area (Å²) in [6.45, 7) is 3.81. The normalized spacial score (nSPS) is 10.1. The predicted octanol–water partition coefficient (Wildman–Crippen LogP) is 4.53. The Morgan fingerprint density at radius 1 is 1.23 bits per heavy atom. The molecule has 0 atom stereocenters. The maximum Gasteiger partial charge on any atom is 0.341 e. The first-order chi connectivity index (χ1) is 10.5. The number of carbonyl (C=O) groups is 2. The molecule has 1 heterocycles. The number of hydrogen-bond acceptors (Lipinski definition) is 4. The second-order valence-corrected chi connectivity index (χ2v) is 5.75.